The SMILES string of the molecule is O=C([O-])c1ccc(NC(=O)c2ccc3ccccc3c2)cc1.O=C([O-])c1ccc(NC(=O)c2ccc3ccccc3c2)cc1.[Mg+2]. The second-order valence-corrected chi connectivity index (χ2v) is 9.76. The molecule has 216 valence electrons. The molecule has 0 saturated carbocycles. The first-order chi connectivity index (χ1) is 21.3. The van der Waals surface area contributed by atoms with E-state index in [1.165, 1.54) is 48.5 Å². The third-order valence-electron chi connectivity index (χ3n) is 6.78. The van der Waals surface area contributed by atoms with E-state index in [4.69, 9.17) is 0 Å². The van der Waals surface area contributed by atoms with Crippen LogP contribution in [0.1, 0.15) is 41.4 Å². The van der Waals surface area contributed by atoms with Crippen molar-refractivity contribution in [3.8, 4) is 0 Å². The van der Waals surface area contributed by atoms with E-state index in [0.29, 0.717) is 22.5 Å². The van der Waals surface area contributed by atoms with Crippen LogP contribution in [-0.4, -0.2) is 46.8 Å². The van der Waals surface area contributed by atoms with Crippen molar-refractivity contribution >= 4 is 79.7 Å². The van der Waals surface area contributed by atoms with E-state index in [2.05, 4.69) is 10.6 Å². The summed E-state index contributed by atoms with van der Waals surface area (Å²) in [6.45, 7) is 0. The second kappa shape index (κ2) is 14.8. The molecule has 0 bridgehead atoms. The number of hydrogen-bond donors (Lipinski definition) is 2. The number of fused-ring (bicyclic) bond motifs is 2. The summed E-state index contributed by atoms with van der Waals surface area (Å²) in [5.74, 6) is -2.97. The predicted octanol–water partition coefficient (Wildman–Crippen LogP) is 4.53. The molecule has 0 atom stereocenters. The fraction of sp³-hybridized carbons (Fsp3) is 0. The molecular weight excluding hydrogens is 581 g/mol. The third kappa shape index (κ3) is 8.32. The average Bonchev–Trinajstić information content (AvgIpc) is 3.05. The molecule has 45 heavy (non-hydrogen) atoms. The van der Waals surface area contributed by atoms with Crippen LogP contribution in [0.25, 0.3) is 21.5 Å². The van der Waals surface area contributed by atoms with Crippen molar-refractivity contribution in [3.63, 3.8) is 0 Å². The summed E-state index contributed by atoms with van der Waals surface area (Å²) in [5.41, 5.74) is 2.30. The van der Waals surface area contributed by atoms with Gasteiger partial charge in [-0.1, -0.05) is 84.9 Å². The summed E-state index contributed by atoms with van der Waals surface area (Å²) in [7, 11) is 0. The number of benzene rings is 6. The molecule has 0 unspecified atom stereocenters. The van der Waals surface area contributed by atoms with Crippen LogP contribution in [0.5, 0.6) is 0 Å². The van der Waals surface area contributed by atoms with Crippen molar-refractivity contribution in [2.45, 2.75) is 0 Å². The average molecular weight is 605 g/mol. The van der Waals surface area contributed by atoms with Crippen LogP contribution in [0.3, 0.4) is 0 Å². The molecule has 2 amide bonds. The summed E-state index contributed by atoms with van der Waals surface area (Å²) in [6.07, 6.45) is 0. The van der Waals surface area contributed by atoms with Gasteiger partial charge in [0, 0.05) is 22.5 Å². The van der Waals surface area contributed by atoms with Gasteiger partial charge in [0.25, 0.3) is 11.8 Å². The monoisotopic (exact) mass is 604 g/mol. The first kappa shape index (κ1) is 32.4. The molecule has 9 heteroatoms. The van der Waals surface area contributed by atoms with Gasteiger partial charge in [0.1, 0.15) is 0 Å². The Morgan fingerprint density at radius 1 is 0.400 bits per heavy atom. The van der Waals surface area contributed by atoms with Gasteiger partial charge >= 0.3 is 23.1 Å². The molecule has 0 aliphatic carbocycles. The van der Waals surface area contributed by atoms with Gasteiger partial charge in [-0.15, -0.1) is 0 Å². The zero-order valence-corrected chi connectivity index (χ0v) is 25.3. The van der Waals surface area contributed by atoms with Crippen molar-refractivity contribution in [1.29, 1.82) is 0 Å². The minimum atomic E-state index is -1.24. The Kier molecular flexibility index (Phi) is 10.6. The van der Waals surface area contributed by atoms with Crippen molar-refractivity contribution in [3.05, 3.63) is 156 Å². The second-order valence-electron chi connectivity index (χ2n) is 9.76. The number of aromatic carboxylic acids is 2. The Morgan fingerprint density at radius 2 is 0.711 bits per heavy atom. The zero-order valence-electron chi connectivity index (χ0n) is 23.9. The summed E-state index contributed by atoms with van der Waals surface area (Å²) in [5, 5.41) is 30.9. The van der Waals surface area contributed by atoms with Crippen LogP contribution < -0.4 is 20.8 Å². The van der Waals surface area contributed by atoms with Crippen molar-refractivity contribution in [2.75, 3.05) is 10.6 Å². The maximum absolute atomic E-state index is 12.2. The van der Waals surface area contributed by atoms with Crippen molar-refractivity contribution < 1.29 is 29.4 Å². The molecule has 6 aromatic rings. The number of rotatable bonds is 6. The summed E-state index contributed by atoms with van der Waals surface area (Å²) >= 11 is 0. The summed E-state index contributed by atoms with van der Waals surface area (Å²) < 4.78 is 0. The van der Waals surface area contributed by atoms with E-state index >= 15 is 0 Å². The molecule has 6 rings (SSSR count). The number of carbonyl (C=O) groups is 4. The van der Waals surface area contributed by atoms with Crippen LogP contribution in [0, 0.1) is 0 Å². The van der Waals surface area contributed by atoms with Gasteiger partial charge in [0.2, 0.25) is 0 Å². The van der Waals surface area contributed by atoms with Gasteiger partial charge in [-0.3, -0.25) is 9.59 Å². The van der Waals surface area contributed by atoms with E-state index in [1.807, 2.05) is 72.8 Å². The predicted molar refractivity (Wildman–Crippen MR) is 171 cm³/mol. The fourth-order valence-corrected chi connectivity index (χ4v) is 4.45. The standard InChI is InChI=1S/2C18H13NO3.Mg/c2*20-17(19-16-9-7-13(8-10-16)18(21)22)15-6-5-12-3-1-2-4-14(12)11-15;/h2*1-11H,(H,19,20)(H,21,22);/q;;+2/p-2. The van der Waals surface area contributed by atoms with E-state index in [9.17, 15) is 29.4 Å². The van der Waals surface area contributed by atoms with E-state index in [1.54, 1.807) is 12.1 Å². The normalized spacial score (nSPS) is 10.1. The summed E-state index contributed by atoms with van der Waals surface area (Å²) in [4.78, 5) is 45.8. The topological polar surface area (TPSA) is 138 Å². The van der Waals surface area contributed by atoms with Crippen LogP contribution in [0.2, 0.25) is 0 Å². The molecule has 0 fully saturated rings. The number of hydrogen-bond acceptors (Lipinski definition) is 6. The largest absolute Gasteiger partial charge is 2.00 e. The molecule has 2 N–H and O–H groups in total. The Bertz CT molecular complexity index is 1860. The van der Waals surface area contributed by atoms with Gasteiger partial charge in [0.15, 0.2) is 0 Å². The number of anilines is 2. The molecule has 6 aromatic carbocycles. The first-order valence-corrected chi connectivity index (χ1v) is 13.5. The van der Waals surface area contributed by atoms with Crippen LogP contribution >= 0.6 is 0 Å². The minimum Gasteiger partial charge on any atom is -0.545 e. The summed E-state index contributed by atoms with van der Waals surface area (Å²) in [6, 6.07) is 38.2. The fourth-order valence-electron chi connectivity index (χ4n) is 4.45. The number of carboxylic acid groups (broad SMARTS) is 2. The smallest absolute Gasteiger partial charge is 0.545 e. The molecule has 0 aliphatic heterocycles. The van der Waals surface area contributed by atoms with Gasteiger partial charge in [-0.25, -0.2) is 0 Å². The number of carbonyl (C=O) groups excluding carboxylic acids is 4. The molecule has 0 spiro atoms. The molecule has 0 radical (unpaired) electrons. The Labute approximate surface area is 274 Å². The quantitative estimate of drug-likeness (QED) is 0.268. The molecule has 0 saturated heterocycles. The maximum atomic E-state index is 12.2. The van der Waals surface area contributed by atoms with Gasteiger partial charge in [-0.2, -0.15) is 0 Å². The molecule has 0 aromatic heterocycles. The Hall–Kier alpha value is -5.51. The maximum Gasteiger partial charge on any atom is 2.00 e. The van der Waals surface area contributed by atoms with Crippen molar-refractivity contribution in [2.24, 2.45) is 0 Å². The van der Waals surface area contributed by atoms with Crippen LogP contribution in [-0.2, 0) is 0 Å². The number of nitrogens with one attached hydrogen (secondary N) is 2. The van der Waals surface area contributed by atoms with E-state index in [-0.39, 0.29) is 46.0 Å². The van der Waals surface area contributed by atoms with Gasteiger partial charge in [-0.05, 0) is 81.2 Å². The Balaban J connectivity index is 0.000000200. The minimum absolute atomic E-state index is 0. The van der Waals surface area contributed by atoms with E-state index in [0.717, 1.165) is 21.5 Å². The Morgan fingerprint density at radius 3 is 1.04 bits per heavy atom. The molecular formula is C36H24MgN2O6. The molecule has 8 nitrogen and oxygen atoms in total. The zero-order chi connectivity index (χ0) is 31.1. The molecule has 0 heterocycles. The van der Waals surface area contributed by atoms with Crippen molar-refractivity contribution in [1.82, 2.24) is 0 Å². The van der Waals surface area contributed by atoms with Gasteiger partial charge < -0.3 is 30.4 Å². The number of carboxylic acids is 2. The molecule has 0 aliphatic rings. The van der Waals surface area contributed by atoms with Crippen LogP contribution in [0.15, 0.2) is 133 Å². The third-order valence-corrected chi connectivity index (χ3v) is 6.78. The van der Waals surface area contributed by atoms with Crippen LogP contribution in [0.4, 0.5) is 11.4 Å². The van der Waals surface area contributed by atoms with E-state index < -0.39 is 11.9 Å². The first-order valence-electron chi connectivity index (χ1n) is 13.5. The number of amides is 2. The van der Waals surface area contributed by atoms with Gasteiger partial charge in [0.05, 0.1) is 11.9 Å².